The Labute approximate surface area is 136 Å². The average Bonchev–Trinajstić information content (AvgIpc) is 2.52. The van der Waals surface area contributed by atoms with Crippen molar-refractivity contribution in [2.75, 3.05) is 27.2 Å². The lowest BCUT2D eigenvalue weighted by atomic mass is 10.0. The predicted molar refractivity (Wildman–Crippen MR) is 92.5 cm³/mol. The summed E-state index contributed by atoms with van der Waals surface area (Å²) in [7, 11) is 3.68. The van der Waals surface area contributed by atoms with Gasteiger partial charge in [-0.15, -0.1) is 0 Å². The Kier molecular flexibility index (Phi) is 5.58. The smallest absolute Gasteiger partial charge is 0.253 e. The first-order valence-corrected chi connectivity index (χ1v) is 7.67. The van der Waals surface area contributed by atoms with Crippen LogP contribution in [0.25, 0.3) is 11.1 Å². The molecule has 4 heteroatoms. The Balaban J connectivity index is 2.28. The van der Waals surface area contributed by atoms with E-state index in [1.165, 1.54) is 0 Å². The Bertz CT molecular complexity index is 670. The van der Waals surface area contributed by atoms with Gasteiger partial charge in [-0.3, -0.25) is 4.79 Å². The molecule has 0 saturated carbocycles. The van der Waals surface area contributed by atoms with Gasteiger partial charge in [0.05, 0.1) is 0 Å². The van der Waals surface area contributed by atoms with Gasteiger partial charge in [-0.2, -0.15) is 0 Å². The Morgan fingerprint density at radius 3 is 2.68 bits per heavy atom. The Morgan fingerprint density at radius 2 is 2.00 bits per heavy atom. The van der Waals surface area contributed by atoms with Crippen molar-refractivity contribution >= 4 is 17.5 Å². The molecule has 0 radical (unpaired) electrons. The molecule has 0 aliphatic heterocycles. The number of amides is 1. The highest BCUT2D eigenvalue weighted by atomic mass is 35.5. The molecule has 2 aromatic carbocycles. The second-order valence-corrected chi connectivity index (χ2v) is 5.80. The van der Waals surface area contributed by atoms with Crippen molar-refractivity contribution in [1.82, 2.24) is 10.2 Å². The van der Waals surface area contributed by atoms with Crippen LogP contribution in [0.3, 0.4) is 0 Å². The summed E-state index contributed by atoms with van der Waals surface area (Å²) in [6.07, 6.45) is 0. The fourth-order valence-corrected chi connectivity index (χ4v) is 2.62. The van der Waals surface area contributed by atoms with Crippen molar-refractivity contribution in [1.29, 1.82) is 0 Å². The van der Waals surface area contributed by atoms with Crippen molar-refractivity contribution in [2.24, 2.45) is 0 Å². The molecule has 0 atom stereocenters. The maximum atomic E-state index is 12.4. The third kappa shape index (κ3) is 3.87. The van der Waals surface area contributed by atoms with Gasteiger partial charge in [0, 0.05) is 36.3 Å². The number of halogens is 1. The Hall–Kier alpha value is -1.84. The number of carbonyl (C=O) groups is 1. The van der Waals surface area contributed by atoms with Crippen LogP contribution in [0.2, 0.25) is 5.02 Å². The van der Waals surface area contributed by atoms with E-state index in [0.717, 1.165) is 23.2 Å². The summed E-state index contributed by atoms with van der Waals surface area (Å²) in [5, 5.41) is 3.75. The van der Waals surface area contributed by atoms with E-state index in [1.807, 2.05) is 63.5 Å². The van der Waals surface area contributed by atoms with Crippen LogP contribution in [0.4, 0.5) is 0 Å². The molecular weight excluding hydrogens is 296 g/mol. The van der Waals surface area contributed by atoms with Crippen LogP contribution in [-0.2, 0) is 0 Å². The molecule has 2 aromatic rings. The van der Waals surface area contributed by atoms with E-state index >= 15 is 0 Å². The second kappa shape index (κ2) is 7.43. The molecule has 22 heavy (non-hydrogen) atoms. The van der Waals surface area contributed by atoms with Crippen LogP contribution < -0.4 is 5.32 Å². The van der Waals surface area contributed by atoms with Gasteiger partial charge in [0.1, 0.15) is 0 Å². The second-order valence-electron chi connectivity index (χ2n) is 5.39. The van der Waals surface area contributed by atoms with Crippen molar-refractivity contribution in [3.05, 3.63) is 58.6 Å². The average molecular weight is 317 g/mol. The summed E-state index contributed by atoms with van der Waals surface area (Å²) < 4.78 is 0. The third-order valence-corrected chi connectivity index (χ3v) is 3.90. The summed E-state index contributed by atoms with van der Waals surface area (Å²) in [6.45, 7) is 3.45. The third-order valence-electron chi connectivity index (χ3n) is 3.59. The van der Waals surface area contributed by atoms with E-state index in [1.54, 1.807) is 4.90 Å². The molecule has 0 aliphatic rings. The van der Waals surface area contributed by atoms with Gasteiger partial charge in [-0.05, 0) is 43.3 Å². The van der Waals surface area contributed by atoms with Crippen LogP contribution >= 0.6 is 11.6 Å². The zero-order valence-electron chi connectivity index (χ0n) is 13.2. The van der Waals surface area contributed by atoms with Crippen LogP contribution in [0.15, 0.2) is 42.5 Å². The fourth-order valence-electron chi connectivity index (χ4n) is 2.28. The first-order chi connectivity index (χ1) is 10.5. The van der Waals surface area contributed by atoms with Gasteiger partial charge in [0.2, 0.25) is 0 Å². The quantitative estimate of drug-likeness (QED) is 0.914. The zero-order chi connectivity index (χ0) is 16.1. The maximum absolute atomic E-state index is 12.4. The molecule has 0 aromatic heterocycles. The molecule has 3 nitrogen and oxygen atoms in total. The van der Waals surface area contributed by atoms with Crippen molar-refractivity contribution < 1.29 is 4.79 Å². The number of benzene rings is 2. The largest absolute Gasteiger partial charge is 0.340 e. The van der Waals surface area contributed by atoms with E-state index < -0.39 is 0 Å². The standard InChI is InChI=1S/C18H21ClN2O/c1-13-7-8-16(17(19)11-13)14-5-4-6-15(12-14)18(22)21(3)10-9-20-2/h4-8,11-12,20H,9-10H2,1-3H3. The van der Waals surface area contributed by atoms with Gasteiger partial charge < -0.3 is 10.2 Å². The van der Waals surface area contributed by atoms with Gasteiger partial charge in [-0.25, -0.2) is 0 Å². The van der Waals surface area contributed by atoms with Gasteiger partial charge in [0.25, 0.3) is 5.91 Å². The van der Waals surface area contributed by atoms with Crippen LogP contribution in [0.1, 0.15) is 15.9 Å². The number of nitrogens with zero attached hydrogens (tertiary/aromatic N) is 1. The highest BCUT2D eigenvalue weighted by molar-refractivity contribution is 6.33. The first kappa shape index (κ1) is 16.5. The highest BCUT2D eigenvalue weighted by Crippen LogP contribution is 2.29. The number of nitrogens with one attached hydrogen (secondary N) is 1. The number of aryl methyl sites for hydroxylation is 1. The minimum absolute atomic E-state index is 0.0142. The van der Waals surface area contributed by atoms with E-state index in [4.69, 9.17) is 11.6 Å². The van der Waals surface area contributed by atoms with Gasteiger partial charge in [0.15, 0.2) is 0 Å². The van der Waals surface area contributed by atoms with Crippen LogP contribution in [-0.4, -0.2) is 38.0 Å². The minimum Gasteiger partial charge on any atom is -0.340 e. The molecule has 0 unspecified atom stereocenters. The summed E-state index contributed by atoms with van der Waals surface area (Å²) >= 11 is 6.32. The molecule has 0 aliphatic carbocycles. The number of carbonyl (C=O) groups excluding carboxylic acids is 1. The SMILES string of the molecule is CNCCN(C)C(=O)c1cccc(-c2ccc(C)cc2Cl)c1. The minimum atomic E-state index is 0.0142. The molecule has 116 valence electrons. The van der Waals surface area contributed by atoms with Crippen LogP contribution in [0, 0.1) is 6.92 Å². The Morgan fingerprint density at radius 1 is 1.23 bits per heavy atom. The monoisotopic (exact) mass is 316 g/mol. The van der Waals surface area contributed by atoms with E-state index in [2.05, 4.69) is 5.32 Å². The molecule has 1 amide bonds. The normalized spacial score (nSPS) is 10.5. The molecule has 2 rings (SSSR count). The molecule has 0 fully saturated rings. The summed E-state index contributed by atoms with van der Waals surface area (Å²) in [5.41, 5.74) is 3.69. The van der Waals surface area contributed by atoms with Gasteiger partial charge in [-0.1, -0.05) is 35.9 Å². The highest BCUT2D eigenvalue weighted by Gasteiger charge is 2.12. The van der Waals surface area contributed by atoms with E-state index in [0.29, 0.717) is 17.1 Å². The summed E-state index contributed by atoms with van der Waals surface area (Å²) in [5.74, 6) is 0.0142. The predicted octanol–water partition coefficient (Wildman–Crippen LogP) is 3.61. The molecule has 0 saturated heterocycles. The lowest BCUT2D eigenvalue weighted by Crippen LogP contribution is -2.32. The number of hydrogen-bond donors (Lipinski definition) is 1. The first-order valence-electron chi connectivity index (χ1n) is 7.29. The van der Waals surface area contributed by atoms with E-state index in [-0.39, 0.29) is 5.91 Å². The zero-order valence-corrected chi connectivity index (χ0v) is 13.9. The van der Waals surface area contributed by atoms with Crippen LogP contribution in [0.5, 0.6) is 0 Å². The molecule has 0 spiro atoms. The summed E-state index contributed by atoms with van der Waals surface area (Å²) in [4.78, 5) is 14.2. The lowest BCUT2D eigenvalue weighted by molar-refractivity contribution is 0.0797. The van der Waals surface area contributed by atoms with Crippen molar-refractivity contribution in [3.8, 4) is 11.1 Å². The van der Waals surface area contributed by atoms with Gasteiger partial charge >= 0.3 is 0 Å². The topological polar surface area (TPSA) is 32.3 Å². The molecule has 0 heterocycles. The molecule has 0 bridgehead atoms. The molecule has 1 N–H and O–H groups in total. The number of hydrogen-bond acceptors (Lipinski definition) is 2. The summed E-state index contributed by atoms with van der Waals surface area (Å²) in [6, 6.07) is 13.6. The van der Waals surface area contributed by atoms with E-state index in [9.17, 15) is 4.79 Å². The number of likely N-dealkylation sites (N-methyl/N-ethyl adjacent to an activating group) is 2. The molecular formula is C18H21ClN2O. The number of rotatable bonds is 5. The van der Waals surface area contributed by atoms with Crippen molar-refractivity contribution in [3.63, 3.8) is 0 Å². The lowest BCUT2D eigenvalue weighted by Gasteiger charge is -2.17. The fraction of sp³-hybridized carbons (Fsp3) is 0.278. The van der Waals surface area contributed by atoms with Crippen molar-refractivity contribution in [2.45, 2.75) is 6.92 Å². The maximum Gasteiger partial charge on any atom is 0.253 e.